The number of hydrogen-bond acceptors (Lipinski definition) is 3. The quantitative estimate of drug-likeness (QED) is 0.808. The third-order valence-corrected chi connectivity index (χ3v) is 2.57. The minimum atomic E-state index is 0.0460. The maximum Gasteiger partial charge on any atom is 0.194 e. The van der Waals surface area contributed by atoms with Crippen molar-refractivity contribution in [3.05, 3.63) is 42.1 Å². The molecule has 0 bridgehead atoms. The normalized spacial score (nSPS) is 10.5. The molecule has 1 N–H and O–H groups in total. The molecule has 0 radical (unpaired) electrons. The number of ketones is 1. The van der Waals surface area contributed by atoms with Crippen LogP contribution in [0.25, 0.3) is 11.3 Å². The van der Waals surface area contributed by atoms with E-state index < -0.39 is 0 Å². The molecule has 0 spiro atoms. The van der Waals surface area contributed by atoms with Crippen molar-refractivity contribution >= 4 is 5.78 Å². The van der Waals surface area contributed by atoms with Gasteiger partial charge < -0.3 is 5.32 Å². The standard InChI is InChI=1S/C13H15N3O/c1-14-9-13(17)12-8-11(15-16(12)2)10-6-4-3-5-7-10/h3-8,14H,9H2,1-2H3. The van der Waals surface area contributed by atoms with E-state index in [9.17, 15) is 4.79 Å². The Balaban J connectivity index is 2.34. The molecule has 4 heteroatoms. The summed E-state index contributed by atoms with van der Waals surface area (Å²) in [6.45, 7) is 0.327. The minimum absolute atomic E-state index is 0.0460. The van der Waals surface area contributed by atoms with Crippen LogP contribution < -0.4 is 5.32 Å². The molecule has 0 amide bonds. The van der Waals surface area contributed by atoms with Gasteiger partial charge in [-0.05, 0) is 13.1 Å². The van der Waals surface area contributed by atoms with Crippen LogP contribution in [0.4, 0.5) is 0 Å². The van der Waals surface area contributed by atoms with E-state index in [0.29, 0.717) is 12.2 Å². The molecule has 1 aromatic heterocycles. The average molecular weight is 229 g/mol. The lowest BCUT2D eigenvalue weighted by molar-refractivity contribution is 0.0984. The summed E-state index contributed by atoms with van der Waals surface area (Å²) in [4.78, 5) is 11.8. The van der Waals surface area contributed by atoms with Crippen molar-refractivity contribution in [2.24, 2.45) is 7.05 Å². The number of hydrogen-bond donors (Lipinski definition) is 1. The molecule has 1 heterocycles. The van der Waals surface area contributed by atoms with Crippen LogP contribution in [-0.4, -0.2) is 29.2 Å². The van der Waals surface area contributed by atoms with Crippen molar-refractivity contribution in [3.63, 3.8) is 0 Å². The third kappa shape index (κ3) is 2.42. The van der Waals surface area contributed by atoms with Crippen LogP contribution in [-0.2, 0) is 7.05 Å². The Hall–Kier alpha value is -1.94. The van der Waals surface area contributed by atoms with Crippen LogP contribution in [0.3, 0.4) is 0 Å². The lowest BCUT2D eigenvalue weighted by atomic mass is 10.1. The monoisotopic (exact) mass is 229 g/mol. The summed E-state index contributed by atoms with van der Waals surface area (Å²) >= 11 is 0. The number of likely N-dealkylation sites (N-methyl/N-ethyl adjacent to an activating group) is 1. The molecule has 0 aliphatic carbocycles. The number of rotatable bonds is 4. The average Bonchev–Trinajstić information content (AvgIpc) is 2.73. The molecular weight excluding hydrogens is 214 g/mol. The number of benzene rings is 1. The SMILES string of the molecule is CNCC(=O)c1cc(-c2ccccc2)nn1C. The predicted octanol–water partition coefficient (Wildman–Crippen LogP) is 1.49. The van der Waals surface area contributed by atoms with Gasteiger partial charge in [-0.15, -0.1) is 0 Å². The Labute approximate surface area is 100 Å². The van der Waals surface area contributed by atoms with Crippen LogP contribution in [0.1, 0.15) is 10.5 Å². The molecule has 0 fully saturated rings. The molecule has 88 valence electrons. The van der Waals surface area contributed by atoms with E-state index in [1.54, 1.807) is 18.8 Å². The number of aryl methyl sites for hydroxylation is 1. The van der Waals surface area contributed by atoms with Crippen LogP contribution in [0.15, 0.2) is 36.4 Å². The van der Waals surface area contributed by atoms with E-state index in [4.69, 9.17) is 0 Å². The highest BCUT2D eigenvalue weighted by Crippen LogP contribution is 2.18. The summed E-state index contributed by atoms with van der Waals surface area (Å²) in [5.41, 5.74) is 2.47. The first-order valence-electron chi connectivity index (χ1n) is 5.49. The van der Waals surface area contributed by atoms with E-state index in [1.165, 1.54) is 0 Å². The maximum atomic E-state index is 11.8. The predicted molar refractivity (Wildman–Crippen MR) is 66.9 cm³/mol. The Morgan fingerprint density at radius 1 is 1.35 bits per heavy atom. The number of Topliss-reactive ketones (excluding diaryl/α,β-unsaturated/α-hetero) is 1. The van der Waals surface area contributed by atoms with Crippen LogP contribution in [0.5, 0.6) is 0 Å². The van der Waals surface area contributed by atoms with E-state index in [2.05, 4.69) is 10.4 Å². The maximum absolute atomic E-state index is 11.8. The number of carbonyl (C=O) groups excluding carboxylic acids is 1. The number of carbonyl (C=O) groups is 1. The van der Waals surface area contributed by atoms with E-state index >= 15 is 0 Å². The van der Waals surface area contributed by atoms with E-state index in [-0.39, 0.29) is 5.78 Å². The highest BCUT2D eigenvalue weighted by Gasteiger charge is 2.12. The fourth-order valence-corrected chi connectivity index (χ4v) is 1.73. The number of nitrogens with zero attached hydrogens (tertiary/aromatic N) is 2. The molecule has 17 heavy (non-hydrogen) atoms. The zero-order valence-corrected chi connectivity index (χ0v) is 9.97. The van der Waals surface area contributed by atoms with Gasteiger partial charge in [-0.25, -0.2) is 0 Å². The molecule has 2 rings (SSSR count). The fourth-order valence-electron chi connectivity index (χ4n) is 1.73. The second-order valence-corrected chi connectivity index (χ2v) is 3.86. The fraction of sp³-hybridized carbons (Fsp3) is 0.231. The summed E-state index contributed by atoms with van der Waals surface area (Å²) in [5, 5.41) is 7.20. The van der Waals surface area contributed by atoms with Gasteiger partial charge in [0.25, 0.3) is 0 Å². The first kappa shape index (κ1) is 11.5. The van der Waals surface area contributed by atoms with Crippen LogP contribution >= 0.6 is 0 Å². The molecule has 1 aromatic carbocycles. The van der Waals surface area contributed by atoms with Crippen molar-refractivity contribution in [1.29, 1.82) is 0 Å². The summed E-state index contributed by atoms with van der Waals surface area (Å²) < 4.78 is 1.63. The largest absolute Gasteiger partial charge is 0.313 e. The van der Waals surface area contributed by atoms with Gasteiger partial charge in [-0.1, -0.05) is 30.3 Å². The van der Waals surface area contributed by atoms with E-state index in [0.717, 1.165) is 11.3 Å². The summed E-state index contributed by atoms with van der Waals surface area (Å²) in [6, 6.07) is 11.7. The zero-order valence-electron chi connectivity index (χ0n) is 9.97. The smallest absolute Gasteiger partial charge is 0.194 e. The van der Waals surface area contributed by atoms with Gasteiger partial charge in [0, 0.05) is 12.6 Å². The molecule has 0 atom stereocenters. The van der Waals surface area contributed by atoms with Crippen molar-refractivity contribution in [2.45, 2.75) is 0 Å². The van der Waals surface area contributed by atoms with E-state index in [1.807, 2.05) is 36.4 Å². The molecule has 0 aliphatic rings. The number of nitrogens with one attached hydrogen (secondary N) is 1. The Kier molecular flexibility index (Phi) is 3.35. The first-order chi connectivity index (χ1) is 8.22. The van der Waals surface area contributed by atoms with Gasteiger partial charge >= 0.3 is 0 Å². The van der Waals surface area contributed by atoms with Gasteiger partial charge in [0.05, 0.1) is 12.2 Å². The minimum Gasteiger partial charge on any atom is -0.313 e. The lowest BCUT2D eigenvalue weighted by Crippen LogP contribution is -2.20. The molecule has 0 aliphatic heterocycles. The van der Waals surface area contributed by atoms with Gasteiger partial charge in [0.15, 0.2) is 5.78 Å². The summed E-state index contributed by atoms with van der Waals surface area (Å²) in [7, 11) is 3.54. The van der Waals surface area contributed by atoms with Crippen molar-refractivity contribution in [1.82, 2.24) is 15.1 Å². The Morgan fingerprint density at radius 2 is 2.06 bits per heavy atom. The van der Waals surface area contributed by atoms with Gasteiger partial charge in [0.1, 0.15) is 5.69 Å². The van der Waals surface area contributed by atoms with Gasteiger partial charge in [-0.3, -0.25) is 9.48 Å². The molecule has 0 unspecified atom stereocenters. The first-order valence-corrected chi connectivity index (χ1v) is 5.49. The molecule has 2 aromatic rings. The molecule has 0 saturated heterocycles. The molecule has 4 nitrogen and oxygen atoms in total. The highest BCUT2D eigenvalue weighted by atomic mass is 16.1. The third-order valence-electron chi connectivity index (χ3n) is 2.57. The molecular formula is C13H15N3O. The van der Waals surface area contributed by atoms with Crippen LogP contribution in [0, 0.1) is 0 Å². The van der Waals surface area contributed by atoms with Gasteiger partial charge in [0.2, 0.25) is 0 Å². The number of aromatic nitrogens is 2. The summed E-state index contributed by atoms with van der Waals surface area (Å²) in [6.07, 6.45) is 0. The second kappa shape index (κ2) is 4.93. The Morgan fingerprint density at radius 3 is 2.71 bits per heavy atom. The van der Waals surface area contributed by atoms with Crippen molar-refractivity contribution < 1.29 is 4.79 Å². The van der Waals surface area contributed by atoms with Gasteiger partial charge in [-0.2, -0.15) is 5.10 Å². The lowest BCUT2D eigenvalue weighted by Gasteiger charge is -1.98. The molecule has 0 saturated carbocycles. The van der Waals surface area contributed by atoms with Crippen molar-refractivity contribution in [3.8, 4) is 11.3 Å². The van der Waals surface area contributed by atoms with Crippen LogP contribution in [0.2, 0.25) is 0 Å². The zero-order chi connectivity index (χ0) is 12.3. The van der Waals surface area contributed by atoms with Crippen molar-refractivity contribution in [2.75, 3.05) is 13.6 Å². The topological polar surface area (TPSA) is 46.9 Å². The highest BCUT2D eigenvalue weighted by molar-refractivity contribution is 5.97. The summed E-state index contributed by atoms with van der Waals surface area (Å²) in [5.74, 6) is 0.0460. The Bertz CT molecular complexity index is 517. The second-order valence-electron chi connectivity index (χ2n) is 3.86.